The predicted molar refractivity (Wildman–Crippen MR) is 60.0 cm³/mol. The monoisotopic (exact) mass is 261 g/mol. The van der Waals surface area contributed by atoms with E-state index in [-0.39, 0.29) is 11.4 Å². The van der Waals surface area contributed by atoms with Gasteiger partial charge in [-0.15, -0.1) is 0 Å². The summed E-state index contributed by atoms with van der Waals surface area (Å²) in [5.74, 6) is -1.07. The third kappa shape index (κ3) is 3.27. The van der Waals surface area contributed by atoms with Gasteiger partial charge in [-0.05, 0) is 6.42 Å². The molecule has 1 aromatic heterocycles. The van der Waals surface area contributed by atoms with Gasteiger partial charge in [-0.3, -0.25) is 9.48 Å². The zero-order valence-electron chi connectivity index (χ0n) is 9.70. The Labute approximate surface area is 99.7 Å². The first-order valence-electron chi connectivity index (χ1n) is 5.08. The van der Waals surface area contributed by atoms with E-state index in [1.807, 2.05) is 6.92 Å². The smallest absolute Gasteiger partial charge is 0.325 e. The first-order chi connectivity index (χ1) is 7.87. The largest absolute Gasteiger partial charge is 0.480 e. The second kappa shape index (κ2) is 5.28. The summed E-state index contributed by atoms with van der Waals surface area (Å²) in [5.41, 5.74) is 0. The molecule has 96 valence electrons. The van der Waals surface area contributed by atoms with Gasteiger partial charge in [0.25, 0.3) is 0 Å². The molecule has 0 aliphatic rings. The van der Waals surface area contributed by atoms with E-state index in [1.165, 1.54) is 17.5 Å². The Morgan fingerprint density at radius 3 is 2.76 bits per heavy atom. The van der Waals surface area contributed by atoms with Crippen LogP contribution >= 0.6 is 0 Å². The Bertz CT molecular complexity index is 494. The van der Waals surface area contributed by atoms with E-state index in [2.05, 4.69) is 5.10 Å². The van der Waals surface area contributed by atoms with Gasteiger partial charge in [0.1, 0.15) is 11.4 Å². The minimum Gasteiger partial charge on any atom is -0.480 e. The molecule has 0 amide bonds. The fourth-order valence-electron chi connectivity index (χ4n) is 1.32. The number of aromatic nitrogens is 2. The van der Waals surface area contributed by atoms with Crippen LogP contribution in [-0.4, -0.2) is 47.2 Å². The van der Waals surface area contributed by atoms with Gasteiger partial charge in [0, 0.05) is 19.8 Å². The molecular formula is C9H15N3O4S. The molecule has 0 unspecified atom stereocenters. The van der Waals surface area contributed by atoms with Crippen molar-refractivity contribution in [3.05, 3.63) is 12.4 Å². The maximum Gasteiger partial charge on any atom is 0.325 e. The van der Waals surface area contributed by atoms with Gasteiger partial charge in [-0.25, -0.2) is 12.7 Å². The average molecular weight is 261 g/mol. The van der Waals surface area contributed by atoms with Crippen LogP contribution in [0.4, 0.5) is 0 Å². The fraction of sp³-hybridized carbons (Fsp3) is 0.556. The lowest BCUT2D eigenvalue weighted by molar-refractivity contribution is -0.137. The van der Waals surface area contributed by atoms with E-state index >= 15 is 0 Å². The van der Waals surface area contributed by atoms with E-state index in [9.17, 15) is 13.2 Å². The average Bonchev–Trinajstić information content (AvgIpc) is 2.66. The number of hydrogen-bond donors (Lipinski definition) is 1. The van der Waals surface area contributed by atoms with Crippen LogP contribution in [0.15, 0.2) is 17.3 Å². The summed E-state index contributed by atoms with van der Waals surface area (Å²) in [7, 11) is -2.08. The zero-order chi connectivity index (χ0) is 13.1. The molecule has 0 aliphatic carbocycles. The van der Waals surface area contributed by atoms with Crippen molar-refractivity contribution in [1.82, 2.24) is 14.1 Å². The Hall–Kier alpha value is -1.41. The molecule has 0 saturated heterocycles. The van der Waals surface area contributed by atoms with E-state index in [0.717, 1.165) is 10.9 Å². The molecule has 1 heterocycles. The Kier molecular flexibility index (Phi) is 4.24. The number of hydrogen-bond acceptors (Lipinski definition) is 4. The van der Waals surface area contributed by atoms with Crippen molar-refractivity contribution in [3.63, 3.8) is 0 Å². The second-order valence-electron chi connectivity index (χ2n) is 3.59. The van der Waals surface area contributed by atoms with Gasteiger partial charge in [0.15, 0.2) is 0 Å². The highest BCUT2D eigenvalue weighted by Gasteiger charge is 2.21. The highest BCUT2D eigenvalue weighted by Crippen LogP contribution is 2.13. The lowest BCUT2D eigenvalue weighted by atomic mass is 10.5. The summed E-state index contributed by atoms with van der Waals surface area (Å²) in [4.78, 5) is 10.5. The molecule has 0 aliphatic heterocycles. The van der Waals surface area contributed by atoms with Crippen LogP contribution in [0.25, 0.3) is 0 Å². The molecule has 0 radical (unpaired) electrons. The van der Waals surface area contributed by atoms with Crippen molar-refractivity contribution in [3.8, 4) is 0 Å². The second-order valence-corrected chi connectivity index (χ2v) is 5.64. The molecule has 7 nitrogen and oxygen atoms in total. The maximum absolute atomic E-state index is 11.9. The van der Waals surface area contributed by atoms with Crippen molar-refractivity contribution in [1.29, 1.82) is 0 Å². The van der Waals surface area contributed by atoms with E-state index in [1.54, 1.807) is 0 Å². The molecule has 0 spiro atoms. The summed E-state index contributed by atoms with van der Waals surface area (Å²) < 4.78 is 26.2. The van der Waals surface area contributed by atoms with Crippen LogP contribution in [-0.2, 0) is 21.4 Å². The van der Waals surface area contributed by atoms with Crippen molar-refractivity contribution in [2.45, 2.75) is 24.8 Å². The number of sulfonamides is 1. The normalized spacial score (nSPS) is 11.9. The van der Waals surface area contributed by atoms with Crippen LogP contribution < -0.4 is 0 Å². The van der Waals surface area contributed by atoms with Gasteiger partial charge in [0.2, 0.25) is 10.0 Å². The third-order valence-corrected chi connectivity index (χ3v) is 3.96. The SMILES string of the molecule is CCCN(C)S(=O)(=O)c1cnn(CC(=O)O)c1. The fourth-order valence-corrected chi connectivity index (χ4v) is 2.54. The minimum absolute atomic E-state index is 0.00898. The highest BCUT2D eigenvalue weighted by molar-refractivity contribution is 7.89. The Balaban J connectivity index is 2.92. The summed E-state index contributed by atoms with van der Waals surface area (Å²) >= 11 is 0. The molecule has 1 rings (SSSR count). The summed E-state index contributed by atoms with van der Waals surface area (Å²) in [6, 6.07) is 0. The lowest BCUT2D eigenvalue weighted by Gasteiger charge is -2.14. The van der Waals surface area contributed by atoms with E-state index in [0.29, 0.717) is 13.0 Å². The molecule has 8 heteroatoms. The van der Waals surface area contributed by atoms with Crippen LogP contribution in [0.5, 0.6) is 0 Å². The van der Waals surface area contributed by atoms with Crippen LogP contribution in [0, 0.1) is 0 Å². The van der Waals surface area contributed by atoms with Crippen molar-refractivity contribution in [2.75, 3.05) is 13.6 Å². The predicted octanol–water partition coefficient (Wildman–Crippen LogP) is -0.00180. The number of nitrogens with zero attached hydrogens (tertiary/aromatic N) is 3. The third-order valence-electron chi connectivity index (χ3n) is 2.15. The molecule has 0 saturated carbocycles. The molecule has 17 heavy (non-hydrogen) atoms. The quantitative estimate of drug-likeness (QED) is 0.778. The topological polar surface area (TPSA) is 92.5 Å². The van der Waals surface area contributed by atoms with Gasteiger partial charge in [0.05, 0.1) is 6.20 Å². The standard InChI is InChI=1S/C9H15N3O4S/c1-3-4-11(2)17(15,16)8-5-10-12(6-8)7-9(13)14/h5-6H,3-4,7H2,1-2H3,(H,13,14). The Morgan fingerprint density at radius 2 is 2.24 bits per heavy atom. The summed E-state index contributed by atoms with van der Waals surface area (Å²) in [6.07, 6.45) is 3.08. The van der Waals surface area contributed by atoms with Crippen molar-refractivity contribution in [2.24, 2.45) is 0 Å². The number of carboxylic acids is 1. The maximum atomic E-state index is 11.9. The molecule has 0 aromatic carbocycles. The Morgan fingerprint density at radius 1 is 1.59 bits per heavy atom. The molecule has 0 atom stereocenters. The van der Waals surface area contributed by atoms with E-state index < -0.39 is 16.0 Å². The summed E-state index contributed by atoms with van der Waals surface area (Å²) in [6.45, 7) is 1.93. The minimum atomic E-state index is -3.56. The number of rotatable bonds is 6. The van der Waals surface area contributed by atoms with Crippen LogP contribution in [0.1, 0.15) is 13.3 Å². The van der Waals surface area contributed by atoms with Crippen LogP contribution in [0.2, 0.25) is 0 Å². The molecule has 1 N–H and O–H groups in total. The van der Waals surface area contributed by atoms with Crippen molar-refractivity contribution < 1.29 is 18.3 Å². The zero-order valence-corrected chi connectivity index (χ0v) is 10.5. The number of carbonyl (C=O) groups is 1. The van der Waals surface area contributed by atoms with E-state index in [4.69, 9.17) is 5.11 Å². The van der Waals surface area contributed by atoms with Gasteiger partial charge >= 0.3 is 5.97 Å². The van der Waals surface area contributed by atoms with Gasteiger partial charge in [-0.2, -0.15) is 5.10 Å². The van der Waals surface area contributed by atoms with Crippen molar-refractivity contribution >= 4 is 16.0 Å². The van der Waals surface area contributed by atoms with Gasteiger partial charge < -0.3 is 5.11 Å². The number of carboxylic acid groups (broad SMARTS) is 1. The molecular weight excluding hydrogens is 246 g/mol. The number of aliphatic carboxylic acids is 1. The van der Waals surface area contributed by atoms with Crippen LogP contribution in [0.3, 0.4) is 0 Å². The lowest BCUT2D eigenvalue weighted by Crippen LogP contribution is -2.27. The molecule has 0 fully saturated rings. The summed E-state index contributed by atoms with van der Waals surface area (Å²) in [5, 5.41) is 12.2. The first kappa shape index (κ1) is 13.7. The highest BCUT2D eigenvalue weighted by atomic mass is 32.2. The molecule has 0 bridgehead atoms. The first-order valence-corrected chi connectivity index (χ1v) is 6.52. The van der Waals surface area contributed by atoms with Gasteiger partial charge in [-0.1, -0.05) is 6.92 Å². The molecule has 1 aromatic rings.